The fourth-order valence-corrected chi connectivity index (χ4v) is 2.87. The number of nitrogens with zero attached hydrogens (tertiary/aromatic N) is 2. The van der Waals surface area contributed by atoms with Crippen LogP contribution in [0.25, 0.3) is 11.3 Å². The van der Waals surface area contributed by atoms with E-state index < -0.39 is 0 Å². The molecule has 0 aliphatic heterocycles. The molecule has 2 aromatic rings. The number of halogens is 1. The van der Waals surface area contributed by atoms with Crippen LogP contribution in [-0.2, 0) is 0 Å². The van der Waals surface area contributed by atoms with Crippen LogP contribution >= 0.6 is 15.9 Å². The number of pyridine rings is 1. The third-order valence-corrected chi connectivity index (χ3v) is 3.98. The number of hydrogen-bond acceptors (Lipinski definition) is 2. The Kier molecular flexibility index (Phi) is 5.35. The highest BCUT2D eigenvalue weighted by atomic mass is 79.9. The average Bonchev–Trinajstić information content (AvgIpc) is 2.47. The van der Waals surface area contributed by atoms with Gasteiger partial charge < -0.3 is 4.90 Å². The number of amides is 1. The van der Waals surface area contributed by atoms with E-state index in [1.165, 1.54) is 0 Å². The minimum absolute atomic E-state index is 0.0466. The quantitative estimate of drug-likeness (QED) is 0.786. The zero-order valence-corrected chi connectivity index (χ0v) is 15.0. The molecular formula is C18H21BrN2O. The van der Waals surface area contributed by atoms with Crippen LogP contribution in [0.3, 0.4) is 0 Å². The van der Waals surface area contributed by atoms with Crippen molar-refractivity contribution in [1.82, 2.24) is 9.88 Å². The first kappa shape index (κ1) is 16.7. The molecule has 0 spiro atoms. The van der Waals surface area contributed by atoms with Crippen molar-refractivity contribution in [2.45, 2.75) is 39.8 Å². The van der Waals surface area contributed by atoms with Gasteiger partial charge in [0.05, 0.1) is 5.69 Å². The van der Waals surface area contributed by atoms with Crippen LogP contribution in [0.5, 0.6) is 0 Å². The van der Waals surface area contributed by atoms with E-state index in [4.69, 9.17) is 0 Å². The van der Waals surface area contributed by atoms with Crippen LogP contribution in [0.1, 0.15) is 38.1 Å². The highest BCUT2D eigenvalue weighted by Crippen LogP contribution is 2.25. The third-order valence-electron chi connectivity index (χ3n) is 3.51. The van der Waals surface area contributed by atoms with Gasteiger partial charge in [0.25, 0.3) is 5.91 Å². The third kappa shape index (κ3) is 3.55. The second-order valence-electron chi connectivity index (χ2n) is 5.81. The van der Waals surface area contributed by atoms with E-state index in [1.807, 2.05) is 69.0 Å². The van der Waals surface area contributed by atoms with Gasteiger partial charge in [0, 0.05) is 33.9 Å². The van der Waals surface area contributed by atoms with Crippen molar-refractivity contribution < 1.29 is 4.79 Å². The molecule has 0 radical (unpaired) electrons. The van der Waals surface area contributed by atoms with Gasteiger partial charge in [-0.15, -0.1) is 0 Å². The van der Waals surface area contributed by atoms with Crippen LogP contribution in [0, 0.1) is 0 Å². The molecule has 1 amide bonds. The largest absolute Gasteiger partial charge is 0.334 e. The summed E-state index contributed by atoms with van der Waals surface area (Å²) in [5.74, 6) is 0.0466. The van der Waals surface area contributed by atoms with Gasteiger partial charge in [-0.2, -0.15) is 0 Å². The summed E-state index contributed by atoms with van der Waals surface area (Å²) in [7, 11) is 0. The summed E-state index contributed by atoms with van der Waals surface area (Å²) in [6.07, 6.45) is 1.75. The summed E-state index contributed by atoms with van der Waals surface area (Å²) in [6.45, 7) is 8.16. The first-order valence-corrected chi connectivity index (χ1v) is 8.24. The Morgan fingerprint density at radius 3 is 2.23 bits per heavy atom. The standard InChI is InChI=1S/C18H21BrN2O/c1-12(2)21(13(3)4)18(22)16-8-6-5-7-15(16)17-10-9-14(19)11-20-17/h5-13H,1-4H3. The fourth-order valence-electron chi connectivity index (χ4n) is 2.63. The lowest BCUT2D eigenvalue weighted by atomic mass is 10.0. The maximum Gasteiger partial charge on any atom is 0.255 e. The lowest BCUT2D eigenvalue weighted by molar-refractivity contribution is 0.0644. The Morgan fingerprint density at radius 2 is 1.68 bits per heavy atom. The number of carbonyl (C=O) groups excluding carboxylic acids is 1. The van der Waals surface area contributed by atoms with Crippen molar-refractivity contribution in [1.29, 1.82) is 0 Å². The molecular weight excluding hydrogens is 340 g/mol. The van der Waals surface area contributed by atoms with Gasteiger partial charge in [0.2, 0.25) is 0 Å². The predicted molar refractivity (Wildman–Crippen MR) is 93.8 cm³/mol. The van der Waals surface area contributed by atoms with Crippen molar-refractivity contribution in [3.8, 4) is 11.3 Å². The summed E-state index contributed by atoms with van der Waals surface area (Å²) in [5.41, 5.74) is 2.37. The van der Waals surface area contributed by atoms with E-state index in [0.29, 0.717) is 5.56 Å². The number of carbonyl (C=O) groups is 1. The molecule has 0 saturated heterocycles. The van der Waals surface area contributed by atoms with Crippen LogP contribution in [0.15, 0.2) is 47.1 Å². The maximum atomic E-state index is 13.0. The number of aromatic nitrogens is 1. The molecule has 116 valence electrons. The Bertz CT molecular complexity index is 642. The molecule has 4 heteroatoms. The van der Waals surface area contributed by atoms with Crippen LogP contribution in [0.2, 0.25) is 0 Å². The van der Waals surface area contributed by atoms with E-state index in [2.05, 4.69) is 20.9 Å². The van der Waals surface area contributed by atoms with Crippen LogP contribution in [-0.4, -0.2) is 27.9 Å². The monoisotopic (exact) mass is 360 g/mol. The molecule has 0 unspecified atom stereocenters. The first-order valence-electron chi connectivity index (χ1n) is 7.45. The zero-order chi connectivity index (χ0) is 16.3. The fraction of sp³-hybridized carbons (Fsp3) is 0.333. The summed E-state index contributed by atoms with van der Waals surface area (Å²) < 4.78 is 0.922. The van der Waals surface area contributed by atoms with Crippen molar-refractivity contribution in [2.75, 3.05) is 0 Å². The minimum Gasteiger partial charge on any atom is -0.334 e. The molecule has 22 heavy (non-hydrogen) atoms. The van der Waals surface area contributed by atoms with Gasteiger partial charge in [-0.3, -0.25) is 9.78 Å². The van der Waals surface area contributed by atoms with Gasteiger partial charge in [-0.05, 0) is 61.8 Å². The summed E-state index contributed by atoms with van der Waals surface area (Å²) >= 11 is 3.39. The topological polar surface area (TPSA) is 33.2 Å². The second kappa shape index (κ2) is 7.05. The van der Waals surface area contributed by atoms with E-state index in [9.17, 15) is 4.79 Å². The Hall–Kier alpha value is -1.68. The molecule has 0 aliphatic rings. The average molecular weight is 361 g/mol. The van der Waals surface area contributed by atoms with Crippen molar-refractivity contribution in [3.63, 3.8) is 0 Å². The van der Waals surface area contributed by atoms with Gasteiger partial charge in [0.1, 0.15) is 0 Å². The molecule has 1 aromatic heterocycles. The molecule has 0 saturated carbocycles. The second-order valence-corrected chi connectivity index (χ2v) is 6.72. The van der Waals surface area contributed by atoms with Crippen molar-refractivity contribution >= 4 is 21.8 Å². The Balaban J connectivity index is 2.48. The van der Waals surface area contributed by atoms with Crippen molar-refractivity contribution in [2.24, 2.45) is 0 Å². The Morgan fingerprint density at radius 1 is 1.05 bits per heavy atom. The molecule has 0 aliphatic carbocycles. The van der Waals surface area contributed by atoms with E-state index in [-0.39, 0.29) is 18.0 Å². The lowest BCUT2D eigenvalue weighted by Gasteiger charge is -2.31. The lowest BCUT2D eigenvalue weighted by Crippen LogP contribution is -2.42. The highest BCUT2D eigenvalue weighted by molar-refractivity contribution is 9.10. The zero-order valence-electron chi connectivity index (χ0n) is 13.4. The van der Waals surface area contributed by atoms with Gasteiger partial charge in [-0.1, -0.05) is 18.2 Å². The van der Waals surface area contributed by atoms with E-state index in [1.54, 1.807) is 6.20 Å². The van der Waals surface area contributed by atoms with Crippen LogP contribution in [0.4, 0.5) is 0 Å². The molecule has 0 N–H and O–H groups in total. The first-order chi connectivity index (χ1) is 10.4. The number of rotatable bonds is 4. The normalized spacial score (nSPS) is 11.0. The van der Waals surface area contributed by atoms with Gasteiger partial charge >= 0.3 is 0 Å². The Labute approximate surface area is 140 Å². The highest BCUT2D eigenvalue weighted by Gasteiger charge is 2.24. The van der Waals surface area contributed by atoms with E-state index in [0.717, 1.165) is 15.7 Å². The maximum absolute atomic E-state index is 13.0. The molecule has 1 heterocycles. The van der Waals surface area contributed by atoms with Crippen LogP contribution < -0.4 is 0 Å². The molecule has 0 bridgehead atoms. The summed E-state index contributed by atoms with van der Waals surface area (Å²) in [6, 6.07) is 11.8. The SMILES string of the molecule is CC(C)N(C(=O)c1ccccc1-c1ccc(Br)cn1)C(C)C. The van der Waals surface area contributed by atoms with Gasteiger partial charge in [0.15, 0.2) is 0 Å². The minimum atomic E-state index is 0.0466. The van der Waals surface area contributed by atoms with Gasteiger partial charge in [-0.25, -0.2) is 0 Å². The van der Waals surface area contributed by atoms with E-state index >= 15 is 0 Å². The molecule has 2 rings (SSSR count). The molecule has 0 fully saturated rings. The summed E-state index contributed by atoms with van der Waals surface area (Å²) in [5, 5.41) is 0. The summed E-state index contributed by atoms with van der Waals surface area (Å²) in [4.78, 5) is 19.3. The predicted octanol–water partition coefficient (Wildman–Crippen LogP) is 4.77. The molecule has 1 aromatic carbocycles. The number of hydrogen-bond donors (Lipinski definition) is 0. The number of benzene rings is 1. The van der Waals surface area contributed by atoms with Crippen molar-refractivity contribution in [3.05, 3.63) is 52.6 Å². The molecule has 3 nitrogen and oxygen atoms in total. The smallest absolute Gasteiger partial charge is 0.255 e. The molecule has 0 atom stereocenters.